The van der Waals surface area contributed by atoms with E-state index >= 15 is 0 Å². The predicted octanol–water partition coefficient (Wildman–Crippen LogP) is 3.09. The maximum Gasteiger partial charge on any atom is 0.133 e. The van der Waals surface area contributed by atoms with E-state index in [-0.39, 0.29) is 0 Å². The molecule has 1 fully saturated rings. The van der Waals surface area contributed by atoms with E-state index in [9.17, 15) is 0 Å². The summed E-state index contributed by atoms with van der Waals surface area (Å²) in [6, 6.07) is 4.15. The first kappa shape index (κ1) is 11.5. The lowest BCUT2D eigenvalue weighted by atomic mass is 9.94. The highest BCUT2D eigenvalue weighted by molar-refractivity contribution is 6.29. The molecule has 0 aliphatic heterocycles. The summed E-state index contributed by atoms with van der Waals surface area (Å²) in [7, 11) is 2.08. The normalized spacial score (nSPS) is 17.4. The molecule has 1 aliphatic carbocycles. The SMILES string of the molecule is CN(c1cc(N)cc(Cl)n1)C1CCCCC1. The Morgan fingerprint density at radius 2 is 2.00 bits per heavy atom. The van der Waals surface area contributed by atoms with Gasteiger partial charge in [0.25, 0.3) is 0 Å². The van der Waals surface area contributed by atoms with Crippen molar-refractivity contribution in [2.24, 2.45) is 0 Å². The molecule has 1 aliphatic rings. The van der Waals surface area contributed by atoms with Crippen molar-refractivity contribution in [1.29, 1.82) is 0 Å². The number of hydrogen-bond donors (Lipinski definition) is 1. The Bertz CT molecular complexity index is 341. The predicted molar refractivity (Wildman–Crippen MR) is 68.9 cm³/mol. The van der Waals surface area contributed by atoms with Crippen molar-refractivity contribution < 1.29 is 0 Å². The number of halogens is 1. The molecule has 0 atom stereocenters. The van der Waals surface area contributed by atoms with E-state index in [4.69, 9.17) is 17.3 Å². The zero-order valence-electron chi connectivity index (χ0n) is 9.62. The van der Waals surface area contributed by atoms with Gasteiger partial charge >= 0.3 is 0 Å². The molecule has 0 radical (unpaired) electrons. The van der Waals surface area contributed by atoms with Crippen molar-refractivity contribution in [2.45, 2.75) is 38.1 Å². The summed E-state index contributed by atoms with van der Waals surface area (Å²) in [5.74, 6) is 0.886. The average Bonchev–Trinajstić information content (AvgIpc) is 2.28. The largest absolute Gasteiger partial charge is 0.399 e. The van der Waals surface area contributed by atoms with Gasteiger partial charge in [-0.1, -0.05) is 30.9 Å². The molecule has 1 aromatic heterocycles. The van der Waals surface area contributed by atoms with Gasteiger partial charge in [-0.25, -0.2) is 4.98 Å². The number of aromatic nitrogens is 1. The molecule has 1 aromatic rings. The van der Waals surface area contributed by atoms with Crippen molar-refractivity contribution in [1.82, 2.24) is 4.98 Å². The van der Waals surface area contributed by atoms with Crippen LogP contribution in [-0.4, -0.2) is 18.1 Å². The highest BCUT2D eigenvalue weighted by atomic mass is 35.5. The van der Waals surface area contributed by atoms with E-state index in [2.05, 4.69) is 16.9 Å². The highest BCUT2D eigenvalue weighted by Crippen LogP contribution is 2.27. The molecule has 16 heavy (non-hydrogen) atoms. The van der Waals surface area contributed by atoms with Gasteiger partial charge in [0.2, 0.25) is 0 Å². The van der Waals surface area contributed by atoms with Crippen LogP contribution in [0.15, 0.2) is 12.1 Å². The summed E-state index contributed by atoms with van der Waals surface area (Å²) in [6.07, 6.45) is 6.46. The van der Waals surface area contributed by atoms with Crippen molar-refractivity contribution in [3.63, 3.8) is 0 Å². The fourth-order valence-corrected chi connectivity index (χ4v) is 2.55. The van der Waals surface area contributed by atoms with Gasteiger partial charge in [-0.3, -0.25) is 0 Å². The van der Waals surface area contributed by atoms with Crippen molar-refractivity contribution in [2.75, 3.05) is 17.7 Å². The summed E-state index contributed by atoms with van der Waals surface area (Å²) >= 11 is 5.92. The zero-order chi connectivity index (χ0) is 11.5. The Morgan fingerprint density at radius 3 is 2.62 bits per heavy atom. The van der Waals surface area contributed by atoms with Gasteiger partial charge in [0.15, 0.2) is 0 Å². The summed E-state index contributed by atoms with van der Waals surface area (Å²) < 4.78 is 0. The van der Waals surface area contributed by atoms with Crippen molar-refractivity contribution in [3.8, 4) is 0 Å². The fraction of sp³-hybridized carbons (Fsp3) is 0.583. The molecule has 0 unspecified atom stereocenters. The van der Waals surface area contributed by atoms with Crippen LogP contribution in [-0.2, 0) is 0 Å². The van der Waals surface area contributed by atoms with Crippen LogP contribution in [0.2, 0.25) is 5.15 Å². The monoisotopic (exact) mass is 239 g/mol. The molecule has 1 saturated carbocycles. The minimum Gasteiger partial charge on any atom is -0.399 e. The van der Waals surface area contributed by atoms with Crippen LogP contribution in [0.4, 0.5) is 11.5 Å². The first-order valence-electron chi connectivity index (χ1n) is 5.83. The molecule has 3 nitrogen and oxygen atoms in total. The first-order valence-corrected chi connectivity index (χ1v) is 6.20. The molecule has 0 spiro atoms. The number of nitrogens with zero attached hydrogens (tertiary/aromatic N) is 2. The third-order valence-corrected chi connectivity index (χ3v) is 3.48. The summed E-state index contributed by atoms with van der Waals surface area (Å²) in [5, 5.41) is 0.470. The van der Waals surface area contributed by atoms with Gasteiger partial charge in [0.05, 0.1) is 0 Å². The zero-order valence-corrected chi connectivity index (χ0v) is 10.4. The lowest BCUT2D eigenvalue weighted by Gasteiger charge is -2.32. The fourth-order valence-electron chi connectivity index (χ4n) is 2.34. The van der Waals surface area contributed by atoms with Gasteiger partial charge in [-0.05, 0) is 18.9 Å². The second-order valence-corrected chi connectivity index (χ2v) is 4.87. The van der Waals surface area contributed by atoms with Gasteiger partial charge < -0.3 is 10.6 Å². The molecule has 0 bridgehead atoms. The maximum absolute atomic E-state index is 5.92. The molecule has 0 saturated heterocycles. The Kier molecular flexibility index (Phi) is 3.54. The van der Waals surface area contributed by atoms with Crippen LogP contribution in [0.1, 0.15) is 32.1 Å². The third-order valence-electron chi connectivity index (χ3n) is 3.29. The van der Waals surface area contributed by atoms with Crippen LogP contribution in [0.5, 0.6) is 0 Å². The van der Waals surface area contributed by atoms with Crippen LogP contribution in [0.25, 0.3) is 0 Å². The van der Waals surface area contributed by atoms with E-state index in [1.165, 1.54) is 32.1 Å². The smallest absolute Gasteiger partial charge is 0.133 e. The number of anilines is 2. The second-order valence-electron chi connectivity index (χ2n) is 4.48. The summed E-state index contributed by atoms with van der Waals surface area (Å²) in [5.41, 5.74) is 6.45. The number of pyridine rings is 1. The van der Waals surface area contributed by atoms with Gasteiger partial charge in [-0.2, -0.15) is 0 Å². The lowest BCUT2D eigenvalue weighted by Crippen LogP contribution is -2.33. The Morgan fingerprint density at radius 1 is 1.31 bits per heavy atom. The number of nitrogen functional groups attached to an aromatic ring is 1. The molecule has 0 aromatic carbocycles. The molecule has 2 N–H and O–H groups in total. The lowest BCUT2D eigenvalue weighted by molar-refractivity contribution is 0.426. The molecule has 1 heterocycles. The standard InChI is InChI=1S/C12H18ClN3/c1-16(10-5-3-2-4-6-10)12-8-9(14)7-11(13)15-12/h7-8,10H,2-6H2,1H3,(H2,14,15). The Labute approximate surface area is 102 Å². The molecular formula is C12H18ClN3. The third kappa shape index (κ3) is 2.59. The number of rotatable bonds is 2. The van der Waals surface area contributed by atoms with E-state index < -0.39 is 0 Å². The molecule has 2 rings (SSSR count). The number of nitrogens with two attached hydrogens (primary N) is 1. The number of hydrogen-bond acceptors (Lipinski definition) is 3. The molecule has 0 amide bonds. The van der Waals surface area contributed by atoms with Crippen molar-refractivity contribution >= 4 is 23.1 Å². The van der Waals surface area contributed by atoms with Gasteiger partial charge in [-0.15, -0.1) is 0 Å². The minimum absolute atomic E-state index is 0.470. The first-order chi connectivity index (χ1) is 7.66. The Balaban J connectivity index is 2.15. The van der Waals surface area contributed by atoms with E-state index in [0.717, 1.165) is 5.82 Å². The molecule has 4 heteroatoms. The van der Waals surface area contributed by atoms with Crippen LogP contribution in [0, 0.1) is 0 Å². The average molecular weight is 240 g/mol. The Hall–Kier alpha value is -0.960. The topological polar surface area (TPSA) is 42.1 Å². The quantitative estimate of drug-likeness (QED) is 0.807. The van der Waals surface area contributed by atoms with Crippen molar-refractivity contribution in [3.05, 3.63) is 17.3 Å². The summed E-state index contributed by atoms with van der Waals surface area (Å²) in [6.45, 7) is 0. The maximum atomic E-state index is 5.92. The van der Waals surface area contributed by atoms with E-state index in [1.807, 2.05) is 6.07 Å². The van der Waals surface area contributed by atoms with Crippen LogP contribution >= 0.6 is 11.6 Å². The van der Waals surface area contributed by atoms with E-state index in [0.29, 0.717) is 16.9 Å². The summed E-state index contributed by atoms with van der Waals surface area (Å²) in [4.78, 5) is 6.53. The molecule has 88 valence electrons. The molecular weight excluding hydrogens is 222 g/mol. The van der Waals surface area contributed by atoms with Crippen LogP contribution in [0.3, 0.4) is 0 Å². The van der Waals surface area contributed by atoms with Gasteiger partial charge in [0.1, 0.15) is 11.0 Å². The van der Waals surface area contributed by atoms with Crippen LogP contribution < -0.4 is 10.6 Å². The van der Waals surface area contributed by atoms with E-state index in [1.54, 1.807) is 6.07 Å². The second kappa shape index (κ2) is 4.91. The minimum atomic E-state index is 0.470. The highest BCUT2D eigenvalue weighted by Gasteiger charge is 2.19. The van der Waals surface area contributed by atoms with Gasteiger partial charge in [0, 0.05) is 24.8 Å².